The molecule has 2 aliphatic rings. The molecule has 0 atom stereocenters. The summed E-state index contributed by atoms with van der Waals surface area (Å²) in [7, 11) is 0. The van der Waals surface area contributed by atoms with Crippen molar-refractivity contribution < 1.29 is 28.8 Å². The summed E-state index contributed by atoms with van der Waals surface area (Å²) in [6.07, 6.45) is 25.8. The lowest BCUT2D eigenvalue weighted by Gasteiger charge is -2.22. The summed E-state index contributed by atoms with van der Waals surface area (Å²) in [5.41, 5.74) is 3.08. The van der Waals surface area contributed by atoms with Crippen LogP contribution in [0.1, 0.15) is 244 Å². The van der Waals surface area contributed by atoms with E-state index in [1.807, 2.05) is 182 Å². The molecule has 10 nitrogen and oxygen atoms in total. The third kappa shape index (κ3) is 35.9. The molecule has 78 heavy (non-hydrogen) atoms. The number of rotatable bonds is 8. The Morgan fingerprint density at radius 2 is 1.01 bits per heavy atom. The summed E-state index contributed by atoms with van der Waals surface area (Å²) in [5.74, 6) is 2.39. The number of nitrogens with zero attached hydrogens (tertiary/aromatic N) is 4. The van der Waals surface area contributed by atoms with Crippen LogP contribution in [0.5, 0.6) is 0 Å². The predicted molar refractivity (Wildman–Crippen MR) is 335 cm³/mol. The molecule has 0 aromatic carbocycles. The van der Waals surface area contributed by atoms with Crippen molar-refractivity contribution in [1.82, 2.24) is 19.3 Å². The predicted octanol–water partition coefficient (Wildman–Crippen LogP) is 18.1. The standard InChI is InChI=1S/C10H16O.2C9H14N2.C9H14O.C9H16O.C8H14O.C7H14O.C7H12O/c1-10(2,3)9(11)8-6-4-5-7-8;1-5-8-10-6-7-11(8)9(2,3)4;1-5-8-6-7-11(10-8)9(2,3)4;1-9(2,3)8(10)7-5-4-6-7;1-7(2)6-8(10)9(3,4)5;1-5-6-7(9)8(2,3)4;2*1-5-6(8)7(2,3)4/h6H,4-5,7H2,1-3H3;2*5-7H,1H2,2-4H3;5H,4,6H2,1-3H3;6H,1-5H3;5-6H,1-4H3;5H2,1-4H3;5H,1H2,2-4H3/b;;;;;6-5+;;. The van der Waals surface area contributed by atoms with Crippen LogP contribution in [0.15, 0.2) is 97.6 Å². The Morgan fingerprint density at radius 1 is 0.564 bits per heavy atom. The molecule has 0 bridgehead atoms. The van der Waals surface area contributed by atoms with Gasteiger partial charge in [-0.25, -0.2) is 4.98 Å². The van der Waals surface area contributed by atoms with Gasteiger partial charge in [0.2, 0.25) is 0 Å². The van der Waals surface area contributed by atoms with Crippen LogP contribution in [0.25, 0.3) is 12.2 Å². The Balaban J connectivity index is -0.000000403. The van der Waals surface area contributed by atoms with E-state index in [1.54, 1.807) is 36.6 Å². The van der Waals surface area contributed by atoms with E-state index in [9.17, 15) is 28.8 Å². The maximum absolute atomic E-state index is 11.6. The molecule has 0 radical (unpaired) electrons. The molecule has 0 amide bonds. The lowest BCUT2D eigenvalue weighted by molar-refractivity contribution is -0.126. The average Bonchev–Trinajstić information content (AvgIpc) is 4.08. The van der Waals surface area contributed by atoms with Crippen molar-refractivity contribution in [3.05, 3.63) is 109 Å². The first-order valence-electron chi connectivity index (χ1n) is 27.8. The fourth-order valence-electron chi connectivity index (χ4n) is 5.91. The molecule has 442 valence electrons. The first-order valence-corrected chi connectivity index (χ1v) is 27.8. The highest BCUT2D eigenvalue weighted by Gasteiger charge is 2.27. The van der Waals surface area contributed by atoms with Gasteiger partial charge in [-0.3, -0.25) is 33.4 Å². The van der Waals surface area contributed by atoms with Gasteiger partial charge in [0, 0.05) is 63.0 Å². The molecule has 0 spiro atoms. The quantitative estimate of drug-likeness (QED) is 0.238. The number of imidazole rings is 1. The van der Waals surface area contributed by atoms with Gasteiger partial charge in [0.15, 0.2) is 28.9 Å². The molecule has 0 aliphatic heterocycles. The monoisotopic (exact) mass is 1080 g/mol. The molecule has 0 fully saturated rings. The first-order chi connectivity index (χ1) is 34.9. The first kappa shape index (κ1) is 79.1. The summed E-state index contributed by atoms with van der Waals surface area (Å²) in [6.45, 7) is 65.9. The zero-order valence-corrected chi connectivity index (χ0v) is 55.0. The lowest BCUT2D eigenvalue weighted by Crippen LogP contribution is -2.24. The highest BCUT2D eigenvalue weighted by Crippen LogP contribution is 2.29. The van der Waals surface area contributed by atoms with E-state index in [4.69, 9.17) is 0 Å². The van der Waals surface area contributed by atoms with Gasteiger partial charge in [0.25, 0.3) is 0 Å². The average molecular weight is 1080 g/mol. The molecule has 4 rings (SSSR count). The Kier molecular flexibility index (Phi) is 35.1. The van der Waals surface area contributed by atoms with Crippen LogP contribution in [0.3, 0.4) is 0 Å². The van der Waals surface area contributed by atoms with Crippen LogP contribution in [-0.2, 0) is 39.8 Å². The van der Waals surface area contributed by atoms with Gasteiger partial charge in [-0.1, -0.05) is 175 Å². The summed E-state index contributed by atoms with van der Waals surface area (Å²) in [5, 5.41) is 4.30. The third-order valence-electron chi connectivity index (χ3n) is 11.2. The zero-order valence-electron chi connectivity index (χ0n) is 55.0. The second-order valence-corrected chi connectivity index (χ2v) is 27.9. The van der Waals surface area contributed by atoms with Gasteiger partial charge in [0.05, 0.1) is 11.2 Å². The number of hydrogen-bond acceptors (Lipinski definition) is 8. The van der Waals surface area contributed by atoms with E-state index in [2.05, 4.69) is 82.0 Å². The van der Waals surface area contributed by atoms with Crippen molar-refractivity contribution in [3.63, 3.8) is 0 Å². The molecular formula is C68H114N4O6. The van der Waals surface area contributed by atoms with Crippen LogP contribution in [0, 0.1) is 32.5 Å². The molecule has 0 unspecified atom stereocenters. The lowest BCUT2D eigenvalue weighted by atomic mass is 9.81. The number of hydrogen-bond donors (Lipinski definition) is 0. The highest BCUT2D eigenvalue weighted by molar-refractivity contribution is 6.00. The van der Waals surface area contributed by atoms with Crippen molar-refractivity contribution in [3.8, 4) is 0 Å². The van der Waals surface area contributed by atoms with E-state index in [-0.39, 0.29) is 60.9 Å². The van der Waals surface area contributed by atoms with Gasteiger partial charge in [-0.2, -0.15) is 5.10 Å². The number of Topliss-reactive ketones (excluding diaryl/α,β-unsaturated/α-hetero) is 3. The summed E-state index contributed by atoms with van der Waals surface area (Å²) < 4.78 is 4.03. The van der Waals surface area contributed by atoms with Gasteiger partial charge in [-0.15, -0.1) is 0 Å². The number of aromatic nitrogens is 4. The third-order valence-corrected chi connectivity index (χ3v) is 11.2. The van der Waals surface area contributed by atoms with Gasteiger partial charge in [0.1, 0.15) is 11.6 Å². The fraction of sp³-hybridized carbons (Fsp3) is 0.618. The molecule has 2 aromatic rings. The molecular weight excluding hydrogens is 969 g/mol. The number of allylic oxidation sites excluding steroid dienone is 9. The van der Waals surface area contributed by atoms with Gasteiger partial charge >= 0.3 is 0 Å². The van der Waals surface area contributed by atoms with E-state index < -0.39 is 0 Å². The Hall–Kier alpha value is -5.38. The SMILES string of the molecule is C/C=C/C(=O)C(C)(C)C.C=CC(=O)C(C)(C)C.C=Cc1ccn(C(C)(C)C)n1.C=Cc1nccn1C(C)(C)C.CC(C)(C)C(=O)C1=CCC1.CC(C)(C)C(=O)C1=CCCC1.CC(C)=CC(=O)C(C)(C)C.CCC(=O)C(C)(C)C. The van der Waals surface area contributed by atoms with E-state index in [0.717, 1.165) is 60.3 Å². The van der Waals surface area contributed by atoms with Crippen molar-refractivity contribution in [2.45, 2.75) is 243 Å². The largest absolute Gasteiger partial charge is 0.326 e. The minimum absolute atomic E-state index is 0.0707. The number of carbonyl (C=O) groups excluding carboxylic acids is 6. The van der Waals surface area contributed by atoms with Gasteiger partial charge < -0.3 is 4.57 Å². The number of carbonyl (C=O) groups is 6. The van der Waals surface area contributed by atoms with E-state index in [0.29, 0.717) is 23.8 Å². The molecule has 2 heterocycles. The van der Waals surface area contributed by atoms with Crippen LogP contribution >= 0.6 is 0 Å². The maximum Gasteiger partial charge on any atom is 0.163 e. The molecule has 2 aromatic heterocycles. The minimum atomic E-state index is -0.248. The second kappa shape index (κ2) is 34.6. The smallest absolute Gasteiger partial charge is 0.163 e. The van der Waals surface area contributed by atoms with Crippen molar-refractivity contribution >= 4 is 46.9 Å². The van der Waals surface area contributed by atoms with E-state index in [1.165, 1.54) is 6.08 Å². The van der Waals surface area contributed by atoms with Crippen LogP contribution in [-0.4, -0.2) is 54.0 Å². The zero-order chi connectivity index (χ0) is 62.6. The molecule has 0 saturated heterocycles. The van der Waals surface area contributed by atoms with E-state index >= 15 is 0 Å². The summed E-state index contributed by atoms with van der Waals surface area (Å²) >= 11 is 0. The van der Waals surface area contributed by atoms with Crippen molar-refractivity contribution in [1.29, 1.82) is 0 Å². The minimum Gasteiger partial charge on any atom is -0.326 e. The van der Waals surface area contributed by atoms with Crippen LogP contribution < -0.4 is 0 Å². The van der Waals surface area contributed by atoms with Gasteiger partial charge in [-0.05, 0) is 142 Å². The molecule has 2 aliphatic carbocycles. The normalized spacial score (nSPS) is 13.2. The Bertz CT molecular complexity index is 2350. The molecule has 10 heteroatoms. The highest BCUT2D eigenvalue weighted by atomic mass is 16.1. The summed E-state index contributed by atoms with van der Waals surface area (Å²) in [6, 6.07) is 1.96. The fourth-order valence-corrected chi connectivity index (χ4v) is 5.91. The van der Waals surface area contributed by atoms with Crippen LogP contribution in [0.4, 0.5) is 0 Å². The van der Waals surface area contributed by atoms with Crippen molar-refractivity contribution in [2.24, 2.45) is 32.5 Å². The number of ketones is 6. The Labute approximate surface area is 478 Å². The second-order valence-electron chi connectivity index (χ2n) is 27.9. The molecule has 0 N–H and O–H groups in total. The maximum atomic E-state index is 11.6. The van der Waals surface area contributed by atoms with Crippen molar-refractivity contribution in [2.75, 3.05) is 0 Å². The Morgan fingerprint density at radius 3 is 1.18 bits per heavy atom. The molecule has 0 saturated carbocycles. The topological polar surface area (TPSA) is 138 Å². The summed E-state index contributed by atoms with van der Waals surface area (Å²) in [4.78, 5) is 70.8. The van der Waals surface area contributed by atoms with Crippen LogP contribution in [0.2, 0.25) is 0 Å².